The molecule has 1 unspecified atom stereocenters. The summed E-state index contributed by atoms with van der Waals surface area (Å²) in [6.45, 7) is 5.79. The van der Waals surface area contributed by atoms with Crippen LogP contribution >= 0.6 is 0 Å². The monoisotopic (exact) mass is 260 g/mol. The van der Waals surface area contributed by atoms with Crippen LogP contribution in [0.1, 0.15) is 32.8 Å². The number of likely N-dealkylation sites (tertiary alicyclic amines) is 1. The van der Waals surface area contributed by atoms with Crippen molar-refractivity contribution in [2.24, 2.45) is 0 Å². The van der Waals surface area contributed by atoms with Crippen molar-refractivity contribution in [2.75, 3.05) is 5.32 Å². The smallest absolute Gasteiger partial charge is 0.252 e. The molecule has 2 amide bonds. The molecule has 4 nitrogen and oxygen atoms in total. The normalized spacial score (nSPS) is 19.4. The first-order chi connectivity index (χ1) is 9.04. The second kappa shape index (κ2) is 5.43. The van der Waals surface area contributed by atoms with Crippen molar-refractivity contribution in [1.29, 1.82) is 0 Å². The summed E-state index contributed by atoms with van der Waals surface area (Å²) in [5.74, 6) is -0.211. The Morgan fingerprint density at radius 2 is 2.00 bits per heavy atom. The predicted octanol–water partition coefficient (Wildman–Crippen LogP) is 2.20. The van der Waals surface area contributed by atoms with E-state index in [1.807, 2.05) is 38.1 Å². The summed E-state index contributed by atoms with van der Waals surface area (Å²) in [6, 6.07) is 7.39. The highest BCUT2D eigenvalue weighted by molar-refractivity contribution is 6.07. The van der Waals surface area contributed by atoms with Gasteiger partial charge < -0.3 is 5.32 Å². The highest BCUT2D eigenvalue weighted by Crippen LogP contribution is 2.23. The van der Waals surface area contributed by atoms with E-state index in [1.54, 1.807) is 0 Å². The van der Waals surface area contributed by atoms with E-state index >= 15 is 0 Å². The van der Waals surface area contributed by atoms with Crippen LogP contribution in [0.5, 0.6) is 0 Å². The van der Waals surface area contributed by atoms with Crippen molar-refractivity contribution in [3.8, 4) is 0 Å². The number of hydrogen-bond donors (Lipinski definition) is 1. The quantitative estimate of drug-likeness (QED) is 0.844. The van der Waals surface area contributed by atoms with Gasteiger partial charge in [0.25, 0.3) is 5.91 Å². The third-order valence-corrected chi connectivity index (χ3v) is 3.43. The molecule has 1 heterocycles. The van der Waals surface area contributed by atoms with Crippen LogP contribution in [-0.2, 0) is 16.0 Å². The zero-order valence-corrected chi connectivity index (χ0v) is 11.6. The molecule has 1 saturated heterocycles. The molecule has 1 aliphatic rings. The van der Waals surface area contributed by atoms with Gasteiger partial charge >= 0.3 is 0 Å². The number of aryl methyl sites for hydroxylation is 1. The molecule has 0 bridgehead atoms. The topological polar surface area (TPSA) is 49.4 Å². The molecule has 1 aliphatic heterocycles. The maximum absolute atomic E-state index is 12.2. The van der Waals surface area contributed by atoms with Crippen LogP contribution in [0.25, 0.3) is 0 Å². The highest BCUT2D eigenvalue weighted by atomic mass is 16.2. The van der Waals surface area contributed by atoms with Crippen molar-refractivity contribution in [2.45, 2.75) is 45.7 Å². The Hall–Kier alpha value is -1.84. The molecule has 0 spiro atoms. The van der Waals surface area contributed by atoms with Gasteiger partial charge in [-0.3, -0.25) is 14.5 Å². The van der Waals surface area contributed by atoms with Gasteiger partial charge in [-0.05, 0) is 31.9 Å². The zero-order chi connectivity index (χ0) is 14.0. The van der Waals surface area contributed by atoms with E-state index in [-0.39, 0.29) is 24.3 Å². The van der Waals surface area contributed by atoms with Crippen LogP contribution < -0.4 is 5.32 Å². The number of amides is 2. The summed E-state index contributed by atoms with van der Waals surface area (Å²) < 4.78 is 0. The Labute approximate surface area is 113 Å². The summed E-state index contributed by atoms with van der Waals surface area (Å²) in [6.07, 6.45) is 1.14. The molecule has 1 atom stereocenters. The molecule has 4 heteroatoms. The van der Waals surface area contributed by atoms with E-state index in [0.29, 0.717) is 0 Å². The molecular weight excluding hydrogens is 240 g/mol. The van der Waals surface area contributed by atoms with Crippen LogP contribution in [0, 0.1) is 0 Å². The lowest BCUT2D eigenvalue weighted by atomic mass is 10.1. The molecule has 0 radical (unpaired) electrons. The molecule has 19 heavy (non-hydrogen) atoms. The third-order valence-electron chi connectivity index (χ3n) is 3.43. The van der Waals surface area contributed by atoms with Crippen molar-refractivity contribution in [3.63, 3.8) is 0 Å². The number of benzene rings is 1. The second-order valence-electron chi connectivity index (χ2n) is 5.11. The van der Waals surface area contributed by atoms with Gasteiger partial charge in [0.2, 0.25) is 5.91 Å². The fourth-order valence-electron chi connectivity index (χ4n) is 2.46. The molecule has 1 aromatic rings. The number of nitrogens with one attached hydrogen (secondary N) is 1. The van der Waals surface area contributed by atoms with Crippen LogP contribution in [-0.4, -0.2) is 28.8 Å². The number of nitrogens with zero attached hydrogens (tertiary/aromatic N) is 1. The third kappa shape index (κ3) is 2.62. The van der Waals surface area contributed by atoms with Crippen LogP contribution in [0.4, 0.5) is 5.69 Å². The minimum atomic E-state index is -0.428. The van der Waals surface area contributed by atoms with Crippen molar-refractivity contribution >= 4 is 17.5 Å². The molecule has 1 N–H and O–H groups in total. The summed E-state index contributed by atoms with van der Waals surface area (Å²) >= 11 is 0. The molecule has 0 aromatic heterocycles. The lowest BCUT2D eigenvalue weighted by molar-refractivity contribution is -0.140. The Bertz CT molecular complexity index is 497. The van der Waals surface area contributed by atoms with Gasteiger partial charge in [0.1, 0.15) is 6.04 Å². The first kappa shape index (κ1) is 13.6. The summed E-state index contributed by atoms with van der Waals surface area (Å²) in [5.41, 5.74) is 2.10. The maximum atomic E-state index is 12.2. The molecular formula is C15H20N2O2. The fraction of sp³-hybridized carbons (Fsp3) is 0.467. The zero-order valence-electron chi connectivity index (χ0n) is 11.6. The van der Waals surface area contributed by atoms with Crippen LogP contribution in [0.3, 0.4) is 0 Å². The SMILES string of the molecule is CCc1ccccc1NC1CC(=O)N(C(C)C)C1=O. The van der Waals surface area contributed by atoms with Gasteiger partial charge in [-0.15, -0.1) is 0 Å². The largest absolute Gasteiger partial charge is 0.373 e. The number of hydrogen-bond acceptors (Lipinski definition) is 3. The van der Waals surface area contributed by atoms with Crippen LogP contribution in [0.2, 0.25) is 0 Å². The Morgan fingerprint density at radius 1 is 1.32 bits per heavy atom. The summed E-state index contributed by atoms with van der Waals surface area (Å²) in [7, 11) is 0. The second-order valence-corrected chi connectivity index (χ2v) is 5.11. The summed E-state index contributed by atoms with van der Waals surface area (Å²) in [4.78, 5) is 25.4. The van der Waals surface area contributed by atoms with Gasteiger partial charge in [0, 0.05) is 11.7 Å². The number of imide groups is 1. The van der Waals surface area contributed by atoms with E-state index < -0.39 is 6.04 Å². The number of carbonyl (C=O) groups excluding carboxylic acids is 2. The van der Waals surface area contributed by atoms with Gasteiger partial charge in [0.15, 0.2) is 0 Å². The highest BCUT2D eigenvalue weighted by Gasteiger charge is 2.39. The maximum Gasteiger partial charge on any atom is 0.252 e. The average Bonchev–Trinajstić information content (AvgIpc) is 2.65. The minimum absolute atomic E-state index is 0.0757. The molecule has 1 aromatic carbocycles. The Kier molecular flexibility index (Phi) is 3.88. The lowest BCUT2D eigenvalue weighted by Gasteiger charge is -2.20. The lowest BCUT2D eigenvalue weighted by Crippen LogP contribution is -2.39. The van der Waals surface area contributed by atoms with E-state index in [9.17, 15) is 9.59 Å². The van der Waals surface area contributed by atoms with Crippen molar-refractivity contribution in [3.05, 3.63) is 29.8 Å². The molecule has 2 rings (SSSR count). The average molecular weight is 260 g/mol. The van der Waals surface area contributed by atoms with Crippen molar-refractivity contribution < 1.29 is 9.59 Å². The van der Waals surface area contributed by atoms with Gasteiger partial charge in [-0.2, -0.15) is 0 Å². The predicted molar refractivity (Wildman–Crippen MR) is 74.8 cm³/mol. The number of para-hydroxylation sites is 1. The van der Waals surface area contributed by atoms with Gasteiger partial charge in [-0.1, -0.05) is 25.1 Å². The molecule has 102 valence electrons. The first-order valence-electron chi connectivity index (χ1n) is 6.75. The molecule has 0 aliphatic carbocycles. The van der Waals surface area contributed by atoms with Crippen LogP contribution in [0.15, 0.2) is 24.3 Å². The van der Waals surface area contributed by atoms with E-state index in [0.717, 1.165) is 17.7 Å². The minimum Gasteiger partial charge on any atom is -0.373 e. The first-order valence-corrected chi connectivity index (χ1v) is 6.75. The van der Waals surface area contributed by atoms with Gasteiger partial charge in [0.05, 0.1) is 6.42 Å². The Balaban J connectivity index is 2.17. The summed E-state index contributed by atoms with van der Waals surface area (Å²) in [5, 5.41) is 3.21. The van der Waals surface area contributed by atoms with E-state index in [4.69, 9.17) is 0 Å². The van der Waals surface area contributed by atoms with Crippen molar-refractivity contribution in [1.82, 2.24) is 4.90 Å². The standard InChI is InChI=1S/C15H20N2O2/c1-4-11-7-5-6-8-12(11)16-13-9-14(18)17(10(2)3)15(13)19/h5-8,10,13,16H,4,9H2,1-3H3. The number of rotatable bonds is 4. The number of anilines is 1. The fourth-order valence-corrected chi connectivity index (χ4v) is 2.46. The number of carbonyl (C=O) groups is 2. The Morgan fingerprint density at radius 3 is 2.58 bits per heavy atom. The van der Waals surface area contributed by atoms with Gasteiger partial charge in [-0.25, -0.2) is 0 Å². The molecule has 0 saturated carbocycles. The van der Waals surface area contributed by atoms with E-state index in [1.165, 1.54) is 4.90 Å². The molecule has 1 fully saturated rings. The van der Waals surface area contributed by atoms with E-state index in [2.05, 4.69) is 12.2 Å².